The molecular formula is C13H9N5. The summed E-state index contributed by atoms with van der Waals surface area (Å²) < 4.78 is 1.72. The fourth-order valence-corrected chi connectivity index (χ4v) is 1.88. The number of hydrogen-bond donors (Lipinski definition) is 1. The van der Waals surface area contributed by atoms with Crippen molar-refractivity contribution >= 4 is 16.6 Å². The first-order valence-electron chi connectivity index (χ1n) is 5.37. The molecule has 0 spiro atoms. The summed E-state index contributed by atoms with van der Waals surface area (Å²) in [4.78, 5) is 4.03. The molecule has 3 rings (SSSR count). The summed E-state index contributed by atoms with van der Waals surface area (Å²) in [7, 11) is 0. The van der Waals surface area contributed by atoms with Crippen LogP contribution in [-0.2, 0) is 0 Å². The maximum atomic E-state index is 8.88. The number of nitrogen functional groups attached to an aromatic ring is 1. The average Bonchev–Trinajstić information content (AvgIpc) is 2.84. The monoisotopic (exact) mass is 235 g/mol. The third kappa shape index (κ3) is 1.48. The van der Waals surface area contributed by atoms with Crippen molar-refractivity contribution in [1.82, 2.24) is 14.8 Å². The van der Waals surface area contributed by atoms with Crippen molar-refractivity contribution in [3.8, 4) is 11.8 Å². The zero-order chi connectivity index (χ0) is 12.5. The summed E-state index contributed by atoms with van der Waals surface area (Å²) in [5.74, 6) is 0. The van der Waals surface area contributed by atoms with Crippen LogP contribution in [0.3, 0.4) is 0 Å². The van der Waals surface area contributed by atoms with Crippen LogP contribution >= 0.6 is 0 Å². The first kappa shape index (κ1) is 10.3. The van der Waals surface area contributed by atoms with Gasteiger partial charge in [0.2, 0.25) is 0 Å². The molecule has 0 aliphatic carbocycles. The van der Waals surface area contributed by atoms with Crippen LogP contribution < -0.4 is 5.73 Å². The van der Waals surface area contributed by atoms with E-state index in [-0.39, 0.29) is 0 Å². The SMILES string of the molecule is N#Cc1cncc(-n2ncc3c(N)cccc32)c1. The number of hydrogen-bond acceptors (Lipinski definition) is 4. The molecule has 0 unspecified atom stereocenters. The van der Waals surface area contributed by atoms with Crippen molar-refractivity contribution in [2.24, 2.45) is 0 Å². The smallest absolute Gasteiger partial charge is 0.101 e. The van der Waals surface area contributed by atoms with Crippen molar-refractivity contribution in [1.29, 1.82) is 5.26 Å². The summed E-state index contributed by atoms with van der Waals surface area (Å²) in [5.41, 5.74) is 8.71. The minimum absolute atomic E-state index is 0.500. The molecule has 0 amide bonds. The number of nitrogens with two attached hydrogens (primary N) is 1. The predicted octanol–water partition coefficient (Wildman–Crippen LogP) is 1.87. The molecule has 0 saturated carbocycles. The Hall–Kier alpha value is -2.87. The molecule has 2 heterocycles. The Labute approximate surface area is 103 Å². The molecule has 0 bridgehead atoms. The van der Waals surface area contributed by atoms with Gasteiger partial charge in [-0.05, 0) is 18.2 Å². The van der Waals surface area contributed by atoms with E-state index in [0.717, 1.165) is 16.6 Å². The van der Waals surface area contributed by atoms with Crippen LogP contribution in [0.25, 0.3) is 16.6 Å². The second kappa shape index (κ2) is 3.86. The quantitative estimate of drug-likeness (QED) is 0.653. The number of anilines is 1. The number of pyridine rings is 1. The largest absolute Gasteiger partial charge is 0.398 e. The van der Waals surface area contributed by atoms with E-state index in [4.69, 9.17) is 11.0 Å². The number of aromatic nitrogens is 3. The van der Waals surface area contributed by atoms with E-state index >= 15 is 0 Å². The molecule has 3 aromatic rings. The Morgan fingerprint density at radius 1 is 1.22 bits per heavy atom. The van der Waals surface area contributed by atoms with Crippen molar-refractivity contribution in [2.45, 2.75) is 0 Å². The molecule has 2 N–H and O–H groups in total. The molecule has 1 aromatic carbocycles. The lowest BCUT2D eigenvalue weighted by Gasteiger charge is -2.03. The first-order valence-corrected chi connectivity index (χ1v) is 5.37. The normalized spacial score (nSPS) is 10.4. The molecule has 0 fully saturated rings. The summed E-state index contributed by atoms with van der Waals surface area (Å²) in [6.07, 6.45) is 4.89. The van der Waals surface area contributed by atoms with Gasteiger partial charge in [0.25, 0.3) is 0 Å². The van der Waals surface area contributed by atoms with Crippen molar-refractivity contribution in [3.63, 3.8) is 0 Å². The zero-order valence-electron chi connectivity index (χ0n) is 9.41. The Balaban J connectivity index is 2.26. The lowest BCUT2D eigenvalue weighted by molar-refractivity contribution is 0.902. The molecule has 5 heteroatoms. The molecular weight excluding hydrogens is 226 g/mol. The van der Waals surface area contributed by atoms with Crippen LogP contribution in [0.5, 0.6) is 0 Å². The van der Waals surface area contributed by atoms with Crippen molar-refractivity contribution in [3.05, 3.63) is 48.4 Å². The standard InChI is InChI=1S/C13H9N5/c14-5-9-4-10(7-16-6-9)18-13-3-1-2-12(15)11(13)8-17-18/h1-4,6-8H,15H2. The van der Waals surface area contributed by atoms with Gasteiger partial charge in [-0.2, -0.15) is 10.4 Å². The zero-order valence-corrected chi connectivity index (χ0v) is 9.41. The molecule has 0 radical (unpaired) electrons. The highest BCUT2D eigenvalue weighted by Crippen LogP contribution is 2.22. The highest BCUT2D eigenvalue weighted by Gasteiger charge is 2.07. The third-order valence-electron chi connectivity index (χ3n) is 2.74. The van der Waals surface area contributed by atoms with Crippen LogP contribution in [0.2, 0.25) is 0 Å². The molecule has 0 atom stereocenters. The van der Waals surface area contributed by atoms with Gasteiger partial charge in [0.1, 0.15) is 6.07 Å². The Kier molecular flexibility index (Phi) is 2.21. The highest BCUT2D eigenvalue weighted by atomic mass is 15.3. The molecule has 0 aliphatic heterocycles. The third-order valence-corrected chi connectivity index (χ3v) is 2.74. The van der Waals surface area contributed by atoms with Crippen LogP contribution in [0, 0.1) is 11.3 Å². The Morgan fingerprint density at radius 3 is 2.94 bits per heavy atom. The van der Waals surface area contributed by atoms with Crippen molar-refractivity contribution in [2.75, 3.05) is 5.73 Å². The van der Waals surface area contributed by atoms with Gasteiger partial charge in [-0.25, -0.2) is 4.68 Å². The maximum absolute atomic E-state index is 8.88. The number of rotatable bonds is 1. The summed E-state index contributed by atoms with van der Waals surface area (Å²) in [5, 5.41) is 14.1. The van der Waals surface area contributed by atoms with E-state index in [9.17, 15) is 0 Å². The second-order valence-corrected chi connectivity index (χ2v) is 3.88. The Bertz CT molecular complexity index is 766. The van der Waals surface area contributed by atoms with Gasteiger partial charge in [-0.1, -0.05) is 6.07 Å². The highest BCUT2D eigenvalue weighted by molar-refractivity contribution is 5.91. The fraction of sp³-hybridized carbons (Fsp3) is 0. The fourth-order valence-electron chi connectivity index (χ4n) is 1.88. The van der Waals surface area contributed by atoms with E-state index < -0.39 is 0 Å². The van der Waals surface area contributed by atoms with Crippen LogP contribution in [0.1, 0.15) is 5.56 Å². The van der Waals surface area contributed by atoms with Gasteiger partial charge in [0, 0.05) is 17.3 Å². The predicted molar refractivity (Wildman–Crippen MR) is 68.0 cm³/mol. The van der Waals surface area contributed by atoms with E-state index in [1.165, 1.54) is 6.20 Å². The van der Waals surface area contributed by atoms with E-state index in [1.54, 1.807) is 23.1 Å². The van der Waals surface area contributed by atoms with E-state index in [2.05, 4.69) is 16.2 Å². The molecule has 0 saturated heterocycles. The summed E-state index contributed by atoms with van der Waals surface area (Å²) in [6, 6.07) is 9.43. The van der Waals surface area contributed by atoms with Gasteiger partial charge in [-0.3, -0.25) is 4.98 Å². The van der Waals surface area contributed by atoms with Gasteiger partial charge in [-0.15, -0.1) is 0 Å². The first-order chi connectivity index (χ1) is 8.79. The maximum Gasteiger partial charge on any atom is 0.101 e. The van der Waals surface area contributed by atoms with Crippen molar-refractivity contribution < 1.29 is 0 Å². The lowest BCUT2D eigenvalue weighted by Crippen LogP contribution is -1.97. The molecule has 5 nitrogen and oxygen atoms in total. The lowest BCUT2D eigenvalue weighted by atomic mass is 10.2. The number of nitriles is 1. The topological polar surface area (TPSA) is 80.5 Å². The number of benzene rings is 1. The minimum atomic E-state index is 0.500. The number of fused-ring (bicyclic) bond motifs is 1. The molecule has 2 aromatic heterocycles. The Morgan fingerprint density at radius 2 is 2.11 bits per heavy atom. The van der Waals surface area contributed by atoms with Crippen LogP contribution in [-0.4, -0.2) is 14.8 Å². The second-order valence-electron chi connectivity index (χ2n) is 3.88. The van der Waals surface area contributed by atoms with Gasteiger partial charge in [0.05, 0.1) is 29.2 Å². The molecule has 18 heavy (non-hydrogen) atoms. The van der Waals surface area contributed by atoms with Crippen LogP contribution in [0.15, 0.2) is 42.9 Å². The van der Waals surface area contributed by atoms with E-state index in [0.29, 0.717) is 11.3 Å². The number of nitrogens with zero attached hydrogens (tertiary/aromatic N) is 4. The minimum Gasteiger partial charge on any atom is -0.398 e. The summed E-state index contributed by atoms with van der Waals surface area (Å²) in [6.45, 7) is 0. The molecule has 0 aliphatic rings. The molecule has 86 valence electrons. The van der Waals surface area contributed by atoms with Gasteiger partial charge in [0.15, 0.2) is 0 Å². The average molecular weight is 235 g/mol. The van der Waals surface area contributed by atoms with Gasteiger partial charge < -0.3 is 5.73 Å². The van der Waals surface area contributed by atoms with Gasteiger partial charge >= 0.3 is 0 Å². The van der Waals surface area contributed by atoms with Crippen LogP contribution in [0.4, 0.5) is 5.69 Å². The summed E-state index contributed by atoms with van der Waals surface area (Å²) >= 11 is 0. The van der Waals surface area contributed by atoms with E-state index in [1.807, 2.05) is 18.2 Å².